The Hall–Kier alpha value is -7.98. The van der Waals surface area contributed by atoms with Gasteiger partial charge in [-0.3, -0.25) is 0 Å². The van der Waals surface area contributed by atoms with Crippen molar-refractivity contribution in [3.05, 3.63) is 255 Å². The van der Waals surface area contributed by atoms with E-state index in [0.29, 0.717) is 0 Å². The van der Waals surface area contributed by atoms with Gasteiger partial charge in [-0.05, 0) is 73.8 Å². The van der Waals surface area contributed by atoms with Crippen LogP contribution in [0.2, 0.25) is 0 Å². The Balaban J connectivity index is 1.18. The van der Waals surface area contributed by atoms with Crippen molar-refractivity contribution in [1.29, 1.82) is 0 Å². The summed E-state index contributed by atoms with van der Waals surface area (Å²) in [5.41, 5.74) is 11.8. The molecule has 0 saturated heterocycles. The number of benzene rings is 10. The largest absolute Gasteiger partial charge is 0.309 e. The molecule has 0 radical (unpaired) electrons. The number of para-hydroxylation sites is 2. The number of rotatable bonds is 8. The molecule has 2 heterocycles. The van der Waals surface area contributed by atoms with Crippen LogP contribution in [0.15, 0.2) is 255 Å². The van der Waals surface area contributed by atoms with E-state index >= 15 is 0 Å². The predicted octanol–water partition coefficient (Wildman–Crippen LogP) is 12.6. The van der Waals surface area contributed by atoms with Crippen molar-refractivity contribution in [3.8, 4) is 33.6 Å². The molecule has 2 aromatic heterocycles. The molecule has 0 aliphatic rings. The molecule has 0 saturated carbocycles. The molecule has 0 spiro atoms. The van der Waals surface area contributed by atoms with Crippen LogP contribution in [0.5, 0.6) is 0 Å². The lowest BCUT2D eigenvalue weighted by atomic mass is 9.99. The minimum absolute atomic E-state index is 1.13. The molecule has 10 aromatic carbocycles. The minimum atomic E-state index is -2.78. The first kappa shape index (κ1) is 36.8. The van der Waals surface area contributed by atoms with Gasteiger partial charge in [-0.15, -0.1) is 0 Å². The fraction of sp³-hybridized carbons (Fsp3) is 0. The van der Waals surface area contributed by atoms with E-state index in [4.69, 9.17) is 0 Å². The molecule has 0 unspecified atom stereocenters. The zero-order valence-corrected chi connectivity index (χ0v) is 35.6. The van der Waals surface area contributed by atoms with Crippen molar-refractivity contribution in [2.75, 3.05) is 0 Å². The first-order valence-electron chi connectivity index (χ1n) is 21.8. The highest BCUT2D eigenvalue weighted by atomic mass is 28.3. The molecular weight excluding hydrogens is 777 g/mol. The highest BCUT2D eigenvalue weighted by Crippen LogP contribution is 2.44. The average Bonchev–Trinajstić information content (AvgIpc) is 3.88. The van der Waals surface area contributed by atoms with Crippen molar-refractivity contribution < 1.29 is 0 Å². The monoisotopic (exact) mass is 818 g/mol. The van der Waals surface area contributed by atoms with E-state index in [9.17, 15) is 0 Å². The Labute approximate surface area is 368 Å². The summed E-state index contributed by atoms with van der Waals surface area (Å²) < 4.78 is 5.02. The van der Waals surface area contributed by atoms with E-state index in [1.165, 1.54) is 86.6 Å². The minimum Gasteiger partial charge on any atom is -0.309 e. The Morgan fingerprint density at radius 1 is 0.270 bits per heavy atom. The normalized spacial score (nSPS) is 11.8. The number of hydrogen-bond acceptors (Lipinski definition) is 0. The van der Waals surface area contributed by atoms with E-state index in [1.54, 1.807) is 0 Å². The van der Waals surface area contributed by atoms with Gasteiger partial charge in [-0.25, -0.2) is 0 Å². The van der Waals surface area contributed by atoms with Gasteiger partial charge in [0.1, 0.15) is 0 Å². The molecular formula is C60H42N2Si. The SMILES string of the molecule is c1ccc(-c2cccc(-n3c4ccccc4c4ccc(-n5c6ccccc6c6cc([Si](c7ccccc7)(c7ccccc7)c7ccccc7)ccc65)c(-c5ccccc5)c43)c2)cc1. The number of aromatic nitrogens is 2. The lowest BCUT2D eigenvalue weighted by Crippen LogP contribution is -2.74. The Morgan fingerprint density at radius 3 is 1.35 bits per heavy atom. The van der Waals surface area contributed by atoms with E-state index in [0.717, 1.165) is 11.4 Å². The molecule has 0 N–H and O–H groups in total. The zero-order valence-electron chi connectivity index (χ0n) is 34.6. The fourth-order valence-electron chi connectivity index (χ4n) is 10.4. The molecule has 63 heavy (non-hydrogen) atoms. The van der Waals surface area contributed by atoms with Crippen LogP contribution in [0.3, 0.4) is 0 Å². The number of fused-ring (bicyclic) bond motifs is 6. The maximum atomic E-state index is 2.53. The smallest absolute Gasteiger partial charge is 0.179 e. The summed E-state index contributed by atoms with van der Waals surface area (Å²) in [6.45, 7) is 0. The lowest BCUT2D eigenvalue weighted by Gasteiger charge is -2.34. The van der Waals surface area contributed by atoms with Crippen LogP contribution >= 0.6 is 0 Å². The van der Waals surface area contributed by atoms with Crippen molar-refractivity contribution in [3.63, 3.8) is 0 Å². The maximum Gasteiger partial charge on any atom is 0.179 e. The van der Waals surface area contributed by atoms with E-state index in [1.807, 2.05) is 0 Å². The molecule has 0 aliphatic carbocycles. The van der Waals surface area contributed by atoms with Crippen molar-refractivity contribution in [2.45, 2.75) is 0 Å². The van der Waals surface area contributed by atoms with Gasteiger partial charge in [0.15, 0.2) is 8.07 Å². The molecule has 2 nitrogen and oxygen atoms in total. The van der Waals surface area contributed by atoms with Gasteiger partial charge < -0.3 is 9.13 Å². The first-order valence-corrected chi connectivity index (χ1v) is 23.8. The third-order valence-corrected chi connectivity index (χ3v) is 17.8. The summed E-state index contributed by atoms with van der Waals surface area (Å²) in [4.78, 5) is 0. The molecule has 0 bridgehead atoms. The van der Waals surface area contributed by atoms with E-state index in [-0.39, 0.29) is 0 Å². The Kier molecular flexibility index (Phi) is 8.87. The lowest BCUT2D eigenvalue weighted by molar-refractivity contribution is 1.16. The molecule has 3 heteroatoms. The Morgan fingerprint density at radius 2 is 0.746 bits per heavy atom. The molecule has 0 atom stereocenters. The quantitative estimate of drug-likeness (QED) is 0.107. The third-order valence-electron chi connectivity index (χ3n) is 13.1. The van der Waals surface area contributed by atoms with Gasteiger partial charge in [-0.1, -0.05) is 218 Å². The molecule has 12 aromatic rings. The van der Waals surface area contributed by atoms with E-state index < -0.39 is 8.07 Å². The first-order chi connectivity index (χ1) is 31.3. The van der Waals surface area contributed by atoms with Crippen LogP contribution in [0.25, 0.3) is 77.2 Å². The average molecular weight is 819 g/mol. The number of nitrogens with zero attached hydrogens (tertiary/aromatic N) is 2. The predicted molar refractivity (Wildman–Crippen MR) is 270 cm³/mol. The van der Waals surface area contributed by atoms with E-state index in [2.05, 4.69) is 264 Å². The fourth-order valence-corrected chi connectivity index (χ4v) is 15.1. The van der Waals surface area contributed by atoms with Crippen LogP contribution in [0.4, 0.5) is 0 Å². The third kappa shape index (κ3) is 5.85. The molecule has 0 aliphatic heterocycles. The second kappa shape index (κ2) is 15.2. The summed E-state index contributed by atoms with van der Waals surface area (Å²) in [5, 5.41) is 10.4. The molecule has 12 rings (SSSR count). The molecule has 0 amide bonds. The number of hydrogen-bond donors (Lipinski definition) is 0. The van der Waals surface area contributed by atoms with Gasteiger partial charge >= 0.3 is 0 Å². The van der Waals surface area contributed by atoms with Gasteiger partial charge in [0.25, 0.3) is 0 Å². The second-order valence-corrected chi connectivity index (χ2v) is 20.2. The summed E-state index contributed by atoms with van der Waals surface area (Å²) in [7, 11) is -2.78. The van der Waals surface area contributed by atoms with Gasteiger partial charge in [-0.2, -0.15) is 0 Å². The second-order valence-electron chi connectivity index (χ2n) is 16.4. The van der Waals surface area contributed by atoms with Gasteiger partial charge in [0, 0.05) is 32.8 Å². The standard InChI is InChI=1S/C60H42N2Si/c1-6-21-43(22-7-1)45-25-20-26-46(41-45)61-55-35-18-16-33-51(55)53-38-40-58(59(60(53)61)44-23-8-2-9-24-44)62-56-36-19-17-34-52(56)54-42-50(37-39-57(54)62)63(47-27-10-3-11-28-47,48-29-12-4-13-30-48)49-31-14-5-15-32-49/h1-42H. The van der Waals surface area contributed by atoms with Crippen LogP contribution in [0, 0.1) is 0 Å². The summed E-state index contributed by atoms with van der Waals surface area (Å²) in [6.07, 6.45) is 0. The van der Waals surface area contributed by atoms with Crippen LogP contribution < -0.4 is 20.7 Å². The molecule has 296 valence electrons. The van der Waals surface area contributed by atoms with Crippen molar-refractivity contribution in [1.82, 2.24) is 9.13 Å². The summed E-state index contributed by atoms with van der Waals surface area (Å²) in [5.74, 6) is 0. The van der Waals surface area contributed by atoms with Crippen LogP contribution in [-0.4, -0.2) is 17.2 Å². The zero-order chi connectivity index (χ0) is 41.7. The highest BCUT2D eigenvalue weighted by Gasteiger charge is 2.41. The van der Waals surface area contributed by atoms with Crippen LogP contribution in [0.1, 0.15) is 0 Å². The maximum absolute atomic E-state index is 2.78. The summed E-state index contributed by atoms with van der Waals surface area (Å²) in [6, 6.07) is 94.3. The topological polar surface area (TPSA) is 9.86 Å². The highest BCUT2D eigenvalue weighted by molar-refractivity contribution is 7.20. The molecule has 0 fully saturated rings. The van der Waals surface area contributed by atoms with Crippen LogP contribution in [-0.2, 0) is 0 Å². The van der Waals surface area contributed by atoms with Crippen molar-refractivity contribution >= 4 is 72.4 Å². The summed E-state index contributed by atoms with van der Waals surface area (Å²) >= 11 is 0. The Bertz CT molecular complexity index is 3500. The van der Waals surface area contributed by atoms with Crippen molar-refractivity contribution in [2.24, 2.45) is 0 Å². The van der Waals surface area contributed by atoms with Gasteiger partial charge in [0.05, 0.1) is 27.8 Å². The van der Waals surface area contributed by atoms with Gasteiger partial charge in [0.2, 0.25) is 0 Å².